The maximum Gasteiger partial charge on any atom is 0.0532 e. The Morgan fingerprint density at radius 1 is 0.556 bits per heavy atom. The van der Waals surface area contributed by atoms with Gasteiger partial charge in [0, 0.05) is 39.5 Å². The molecule has 1 aliphatic rings. The molecule has 6 aromatic rings. The quantitative estimate of drug-likeness (QED) is 0.222. The van der Waals surface area contributed by atoms with Gasteiger partial charge < -0.3 is 9.47 Å². The number of anilines is 3. The molecule has 0 bridgehead atoms. The Hall–Kier alpha value is -4.08. The van der Waals surface area contributed by atoms with Crippen molar-refractivity contribution in [2.75, 3.05) is 4.90 Å². The van der Waals surface area contributed by atoms with Crippen molar-refractivity contribution in [2.45, 2.75) is 6.42 Å². The van der Waals surface area contributed by atoms with Crippen LogP contribution in [0.15, 0.2) is 132 Å². The van der Waals surface area contributed by atoms with Gasteiger partial charge in [0.2, 0.25) is 0 Å². The van der Waals surface area contributed by atoms with E-state index in [1.807, 2.05) is 0 Å². The summed E-state index contributed by atoms with van der Waals surface area (Å²) >= 11 is 3.80. The minimum Gasteiger partial charge on any atom is -0.317 e. The molecule has 0 amide bonds. The van der Waals surface area contributed by atoms with Crippen LogP contribution in [0.5, 0.6) is 0 Å². The van der Waals surface area contributed by atoms with Crippen LogP contribution in [0.25, 0.3) is 27.7 Å². The molecule has 1 aromatic heterocycles. The van der Waals surface area contributed by atoms with E-state index in [1.54, 1.807) is 0 Å². The largest absolute Gasteiger partial charge is 0.317 e. The van der Waals surface area contributed by atoms with E-state index in [1.165, 1.54) is 50.2 Å². The van der Waals surface area contributed by atoms with E-state index < -0.39 is 0 Å². The first-order valence-electron chi connectivity index (χ1n) is 12.2. The lowest BCUT2D eigenvalue weighted by atomic mass is 9.93. The highest BCUT2D eigenvalue weighted by molar-refractivity contribution is 9.10. The number of nitrogens with zero attached hydrogens (tertiary/aromatic N) is 2. The highest BCUT2D eigenvalue weighted by Gasteiger charge is 2.25. The summed E-state index contributed by atoms with van der Waals surface area (Å²) in [4.78, 5) is 2.42. The molecule has 36 heavy (non-hydrogen) atoms. The molecule has 0 spiro atoms. The fourth-order valence-corrected chi connectivity index (χ4v) is 5.85. The number of hydrogen-bond acceptors (Lipinski definition) is 1. The number of para-hydroxylation sites is 2. The van der Waals surface area contributed by atoms with Crippen molar-refractivity contribution in [3.8, 4) is 16.8 Å². The van der Waals surface area contributed by atoms with Crippen LogP contribution in [-0.2, 0) is 6.42 Å². The Morgan fingerprint density at radius 2 is 1.31 bits per heavy atom. The summed E-state index contributed by atoms with van der Waals surface area (Å²) in [5.41, 5.74) is 11.1. The van der Waals surface area contributed by atoms with Gasteiger partial charge in [-0.1, -0.05) is 82.7 Å². The maximum atomic E-state index is 3.80. The summed E-state index contributed by atoms with van der Waals surface area (Å²) in [6, 6.07) is 43.6. The molecular formula is C33H23BrN2. The molecule has 0 unspecified atom stereocenters. The van der Waals surface area contributed by atoms with Crippen molar-refractivity contribution in [2.24, 2.45) is 0 Å². The van der Waals surface area contributed by atoms with Crippen molar-refractivity contribution in [1.82, 2.24) is 4.57 Å². The molecule has 0 saturated heterocycles. The van der Waals surface area contributed by atoms with Crippen molar-refractivity contribution >= 4 is 43.9 Å². The van der Waals surface area contributed by atoms with Crippen LogP contribution in [0.1, 0.15) is 11.1 Å². The molecule has 0 aliphatic carbocycles. The topological polar surface area (TPSA) is 8.17 Å². The Kier molecular flexibility index (Phi) is 5.04. The van der Waals surface area contributed by atoms with Gasteiger partial charge in [0.25, 0.3) is 0 Å². The maximum absolute atomic E-state index is 3.80. The zero-order chi connectivity index (χ0) is 24.1. The summed E-state index contributed by atoms with van der Waals surface area (Å²) in [5, 5.41) is 1.24. The van der Waals surface area contributed by atoms with Gasteiger partial charge in [0.1, 0.15) is 0 Å². The van der Waals surface area contributed by atoms with Gasteiger partial charge in [-0.25, -0.2) is 0 Å². The van der Waals surface area contributed by atoms with Crippen LogP contribution in [0.3, 0.4) is 0 Å². The molecule has 0 radical (unpaired) electrons. The predicted octanol–water partition coefficient (Wildman–Crippen LogP) is 9.43. The minimum atomic E-state index is 0.914. The summed E-state index contributed by atoms with van der Waals surface area (Å²) in [6.07, 6.45) is 3.09. The molecule has 0 fully saturated rings. The Morgan fingerprint density at radius 3 is 2.14 bits per heavy atom. The van der Waals surface area contributed by atoms with Gasteiger partial charge >= 0.3 is 0 Å². The van der Waals surface area contributed by atoms with Crippen LogP contribution < -0.4 is 4.90 Å². The molecule has 1 aliphatic heterocycles. The third-order valence-corrected chi connectivity index (χ3v) is 7.49. The second-order valence-corrected chi connectivity index (χ2v) is 10.2. The molecule has 0 saturated carbocycles. The monoisotopic (exact) mass is 526 g/mol. The average Bonchev–Trinajstić information content (AvgIpc) is 3.34. The van der Waals surface area contributed by atoms with Gasteiger partial charge in [0.05, 0.1) is 11.2 Å². The molecule has 2 heterocycles. The Balaban J connectivity index is 1.44. The van der Waals surface area contributed by atoms with Gasteiger partial charge in [-0.2, -0.15) is 0 Å². The van der Waals surface area contributed by atoms with Crippen molar-refractivity contribution in [3.63, 3.8) is 0 Å². The lowest BCUT2D eigenvalue weighted by molar-refractivity contribution is 1.08. The molecule has 3 heteroatoms. The van der Waals surface area contributed by atoms with E-state index in [2.05, 4.69) is 153 Å². The number of rotatable bonds is 3. The number of benzene rings is 5. The molecule has 0 N–H and O–H groups in total. The normalized spacial score (nSPS) is 12.4. The van der Waals surface area contributed by atoms with E-state index in [-0.39, 0.29) is 0 Å². The fraction of sp³-hybridized carbons (Fsp3) is 0.0303. The van der Waals surface area contributed by atoms with E-state index >= 15 is 0 Å². The van der Waals surface area contributed by atoms with Gasteiger partial charge in [-0.3, -0.25) is 0 Å². The van der Waals surface area contributed by atoms with Crippen LogP contribution in [0.4, 0.5) is 17.1 Å². The number of aromatic nitrogens is 1. The summed E-state index contributed by atoms with van der Waals surface area (Å²) in [6.45, 7) is 0. The van der Waals surface area contributed by atoms with Gasteiger partial charge in [-0.05, 0) is 76.9 Å². The van der Waals surface area contributed by atoms with Crippen LogP contribution in [-0.4, -0.2) is 4.57 Å². The first-order chi connectivity index (χ1) is 17.7. The van der Waals surface area contributed by atoms with E-state index in [9.17, 15) is 0 Å². The zero-order valence-corrected chi connectivity index (χ0v) is 21.2. The van der Waals surface area contributed by atoms with Crippen molar-refractivity contribution in [1.29, 1.82) is 0 Å². The fourth-order valence-electron chi connectivity index (χ4n) is 5.37. The van der Waals surface area contributed by atoms with Crippen LogP contribution in [0.2, 0.25) is 0 Å². The minimum absolute atomic E-state index is 0.914. The second-order valence-electron chi connectivity index (χ2n) is 9.27. The van der Waals surface area contributed by atoms with Crippen molar-refractivity contribution in [3.05, 3.63) is 143 Å². The molecule has 5 aromatic carbocycles. The van der Waals surface area contributed by atoms with Crippen LogP contribution in [0, 0.1) is 0 Å². The molecule has 2 nitrogen and oxygen atoms in total. The van der Waals surface area contributed by atoms with E-state index in [4.69, 9.17) is 0 Å². The van der Waals surface area contributed by atoms with Gasteiger partial charge in [-0.15, -0.1) is 0 Å². The number of halogens is 1. The average molecular weight is 527 g/mol. The Bertz CT molecular complexity index is 1720. The SMILES string of the molecule is Brc1cc(-c2ccccc2)cc(N2c3ccccc3Cc3cc4c(ccn4-c4ccccc4)cc32)c1. The smallest absolute Gasteiger partial charge is 0.0532 e. The second kappa shape index (κ2) is 8.54. The standard InChI is InChI=1S/C33H23BrN2/c34-28-18-26(23-9-3-1-4-10-23)19-30(22-28)36-31-14-8-7-11-24(31)17-27-21-32-25(20-33(27)36)15-16-35(32)29-12-5-2-6-13-29/h1-16,18-22H,17H2. The molecule has 172 valence electrons. The molecular weight excluding hydrogens is 504 g/mol. The number of fused-ring (bicyclic) bond motifs is 3. The van der Waals surface area contributed by atoms with E-state index in [0.29, 0.717) is 0 Å². The highest BCUT2D eigenvalue weighted by atomic mass is 79.9. The zero-order valence-electron chi connectivity index (χ0n) is 19.6. The lowest BCUT2D eigenvalue weighted by Crippen LogP contribution is -2.18. The third-order valence-electron chi connectivity index (χ3n) is 7.03. The summed E-state index contributed by atoms with van der Waals surface area (Å²) in [5.74, 6) is 0. The third kappa shape index (κ3) is 3.55. The van der Waals surface area contributed by atoms with Gasteiger partial charge in [0.15, 0.2) is 0 Å². The highest BCUT2D eigenvalue weighted by Crippen LogP contribution is 2.46. The predicted molar refractivity (Wildman–Crippen MR) is 154 cm³/mol. The summed E-state index contributed by atoms with van der Waals surface area (Å²) < 4.78 is 3.35. The Labute approximate surface area is 219 Å². The van der Waals surface area contributed by atoms with E-state index in [0.717, 1.165) is 16.6 Å². The van der Waals surface area contributed by atoms with Crippen LogP contribution >= 0.6 is 15.9 Å². The summed E-state index contributed by atoms with van der Waals surface area (Å²) in [7, 11) is 0. The first-order valence-corrected chi connectivity index (χ1v) is 13.0. The molecule has 7 rings (SSSR count). The molecule has 0 atom stereocenters. The lowest BCUT2D eigenvalue weighted by Gasteiger charge is -2.34. The first kappa shape index (κ1) is 21.2. The van der Waals surface area contributed by atoms with Crippen molar-refractivity contribution < 1.29 is 0 Å². The number of hydrogen-bond donors (Lipinski definition) is 0.